The summed E-state index contributed by atoms with van der Waals surface area (Å²) in [5.41, 5.74) is 0.758. The molecule has 0 aromatic heterocycles. The molecule has 1 rings (SSSR count). The first-order valence-electron chi connectivity index (χ1n) is 5.03. The summed E-state index contributed by atoms with van der Waals surface area (Å²) in [4.78, 5) is 11.1. The zero-order valence-corrected chi connectivity index (χ0v) is 11.0. The molecule has 1 atom stereocenters. The molecule has 0 aliphatic rings. The zero-order valence-electron chi connectivity index (χ0n) is 9.42. The fraction of sp³-hybridized carbons (Fsp3) is 0.364. The van der Waals surface area contributed by atoms with Crippen molar-refractivity contribution in [1.29, 1.82) is 0 Å². The van der Waals surface area contributed by atoms with Crippen LogP contribution in [0, 0.1) is 0 Å². The van der Waals surface area contributed by atoms with Crippen LogP contribution >= 0.6 is 15.9 Å². The summed E-state index contributed by atoms with van der Waals surface area (Å²) in [6.45, 7) is 0.0562. The first-order valence-corrected chi connectivity index (χ1v) is 5.83. The Labute approximate surface area is 110 Å². The van der Waals surface area contributed by atoms with Gasteiger partial charge in [0, 0.05) is 4.47 Å². The van der Waals surface area contributed by atoms with Gasteiger partial charge in [0.1, 0.15) is 0 Å². The van der Waals surface area contributed by atoms with E-state index < -0.39 is 24.9 Å². The maximum absolute atomic E-state index is 11.8. The maximum Gasteiger partial charge on any atom is 0.422 e. The Morgan fingerprint density at radius 1 is 1.50 bits per heavy atom. The number of halogens is 4. The summed E-state index contributed by atoms with van der Waals surface area (Å²) in [6.07, 6.45) is -5.61. The molecular weight excluding hydrogens is 315 g/mol. The van der Waals surface area contributed by atoms with Crippen LogP contribution in [0.1, 0.15) is 18.5 Å². The molecule has 0 heterocycles. The van der Waals surface area contributed by atoms with Crippen LogP contribution in [0.25, 0.3) is 0 Å². The summed E-state index contributed by atoms with van der Waals surface area (Å²) in [5, 5.41) is 2.31. The van der Waals surface area contributed by atoms with E-state index in [1.165, 1.54) is 0 Å². The highest BCUT2D eigenvalue weighted by atomic mass is 79.9. The van der Waals surface area contributed by atoms with E-state index >= 15 is 0 Å². The van der Waals surface area contributed by atoms with Crippen LogP contribution in [0.3, 0.4) is 0 Å². The fourth-order valence-corrected chi connectivity index (χ4v) is 1.64. The van der Waals surface area contributed by atoms with Gasteiger partial charge in [0.25, 0.3) is 0 Å². The molecule has 1 aromatic rings. The molecule has 0 unspecified atom stereocenters. The second-order valence-corrected chi connectivity index (χ2v) is 4.53. The van der Waals surface area contributed by atoms with Gasteiger partial charge in [-0.25, -0.2) is 4.79 Å². The largest absolute Gasteiger partial charge is 0.440 e. The molecule has 1 aromatic carbocycles. The van der Waals surface area contributed by atoms with Crippen LogP contribution in [-0.2, 0) is 4.74 Å². The Morgan fingerprint density at radius 2 is 2.17 bits per heavy atom. The van der Waals surface area contributed by atoms with E-state index in [9.17, 15) is 18.0 Å². The van der Waals surface area contributed by atoms with Crippen LogP contribution in [0.2, 0.25) is 0 Å². The van der Waals surface area contributed by atoms with E-state index in [0.29, 0.717) is 0 Å². The third kappa shape index (κ3) is 5.39. The van der Waals surface area contributed by atoms with Crippen molar-refractivity contribution in [2.45, 2.75) is 19.1 Å². The van der Waals surface area contributed by atoms with Gasteiger partial charge in [0.2, 0.25) is 0 Å². The predicted molar refractivity (Wildman–Crippen MR) is 63.1 cm³/mol. The molecule has 0 bridgehead atoms. The molecule has 7 heteroatoms. The lowest BCUT2D eigenvalue weighted by Crippen LogP contribution is -2.30. The van der Waals surface area contributed by atoms with Crippen molar-refractivity contribution < 1.29 is 22.7 Å². The fourth-order valence-electron chi connectivity index (χ4n) is 1.23. The summed E-state index contributed by atoms with van der Waals surface area (Å²) < 4.78 is 40.3. The standard InChI is InChI=1S/C11H11BrF3NO2/c1-7(8-3-2-4-9(12)5-8)16-10(17)18-6-11(13,14)15/h2-5,7H,6H2,1H3,(H,16,17)/t7-/m0/s1. The Hall–Kier alpha value is -1.24. The van der Waals surface area contributed by atoms with Gasteiger partial charge in [-0.3, -0.25) is 0 Å². The molecular formula is C11H11BrF3NO2. The molecule has 1 N–H and O–H groups in total. The van der Waals surface area contributed by atoms with Crippen molar-refractivity contribution in [1.82, 2.24) is 5.32 Å². The van der Waals surface area contributed by atoms with Gasteiger partial charge in [-0.1, -0.05) is 28.1 Å². The number of nitrogens with one attached hydrogen (secondary N) is 1. The van der Waals surface area contributed by atoms with Crippen molar-refractivity contribution in [3.05, 3.63) is 34.3 Å². The van der Waals surface area contributed by atoms with Crippen molar-refractivity contribution in [3.8, 4) is 0 Å². The van der Waals surface area contributed by atoms with Gasteiger partial charge in [-0.05, 0) is 24.6 Å². The number of amides is 1. The molecule has 100 valence electrons. The number of alkyl carbamates (subject to hydrolysis) is 1. The van der Waals surface area contributed by atoms with Gasteiger partial charge >= 0.3 is 12.3 Å². The van der Waals surface area contributed by atoms with Gasteiger partial charge < -0.3 is 10.1 Å². The van der Waals surface area contributed by atoms with E-state index in [-0.39, 0.29) is 0 Å². The van der Waals surface area contributed by atoms with Crippen LogP contribution < -0.4 is 5.32 Å². The number of hydrogen-bond acceptors (Lipinski definition) is 2. The number of carbonyl (C=O) groups is 1. The molecule has 1 amide bonds. The Morgan fingerprint density at radius 3 is 2.72 bits per heavy atom. The van der Waals surface area contributed by atoms with Gasteiger partial charge in [-0.2, -0.15) is 13.2 Å². The van der Waals surface area contributed by atoms with Crippen molar-refractivity contribution in [2.75, 3.05) is 6.61 Å². The number of benzene rings is 1. The highest BCUT2D eigenvalue weighted by Crippen LogP contribution is 2.18. The van der Waals surface area contributed by atoms with Gasteiger partial charge in [0.15, 0.2) is 6.61 Å². The minimum atomic E-state index is -4.52. The number of carbonyl (C=O) groups excluding carboxylic acids is 1. The lowest BCUT2D eigenvalue weighted by atomic mass is 10.1. The molecule has 0 aliphatic heterocycles. The first kappa shape index (κ1) is 14.8. The number of alkyl halides is 3. The van der Waals surface area contributed by atoms with Crippen LogP contribution in [0.15, 0.2) is 28.7 Å². The maximum atomic E-state index is 11.8. The van der Waals surface area contributed by atoms with Crippen molar-refractivity contribution in [3.63, 3.8) is 0 Å². The number of rotatable bonds is 3. The summed E-state index contributed by atoms with van der Waals surface area (Å²) >= 11 is 3.26. The second-order valence-electron chi connectivity index (χ2n) is 3.61. The highest BCUT2D eigenvalue weighted by Gasteiger charge is 2.29. The lowest BCUT2D eigenvalue weighted by Gasteiger charge is -2.15. The third-order valence-electron chi connectivity index (χ3n) is 2.05. The predicted octanol–water partition coefficient (Wildman–Crippen LogP) is 3.80. The topological polar surface area (TPSA) is 38.3 Å². The highest BCUT2D eigenvalue weighted by molar-refractivity contribution is 9.10. The van der Waals surface area contributed by atoms with Crippen LogP contribution in [0.5, 0.6) is 0 Å². The molecule has 0 saturated heterocycles. The summed E-state index contributed by atoms with van der Waals surface area (Å²) in [6, 6.07) is 6.63. The van der Waals surface area contributed by atoms with Crippen LogP contribution in [0.4, 0.5) is 18.0 Å². The number of hydrogen-bond donors (Lipinski definition) is 1. The molecule has 0 radical (unpaired) electrons. The second kappa shape index (κ2) is 6.08. The van der Waals surface area contributed by atoms with E-state index in [1.807, 2.05) is 0 Å². The minimum absolute atomic E-state index is 0.441. The Kier molecular flexibility index (Phi) is 5.01. The van der Waals surface area contributed by atoms with E-state index in [1.54, 1.807) is 31.2 Å². The first-order chi connectivity index (χ1) is 8.28. The Balaban J connectivity index is 2.50. The summed E-state index contributed by atoms with van der Waals surface area (Å²) in [5.74, 6) is 0. The molecule has 0 aliphatic carbocycles. The molecule has 18 heavy (non-hydrogen) atoms. The van der Waals surface area contributed by atoms with Gasteiger partial charge in [0.05, 0.1) is 6.04 Å². The molecule has 0 saturated carbocycles. The SMILES string of the molecule is C[C@H](NC(=O)OCC(F)(F)F)c1cccc(Br)c1. The Bertz CT molecular complexity index is 423. The zero-order chi connectivity index (χ0) is 13.8. The van der Waals surface area contributed by atoms with E-state index in [2.05, 4.69) is 26.0 Å². The van der Waals surface area contributed by atoms with Crippen molar-refractivity contribution >= 4 is 22.0 Å². The molecule has 3 nitrogen and oxygen atoms in total. The van der Waals surface area contributed by atoms with Crippen molar-refractivity contribution in [2.24, 2.45) is 0 Å². The van der Waals surface area contributed by atoms with E-state index in [4.69, 9.17) is 0 Å². The average Bonchev–Trinajstić information content (AvgIpc) is 2.25. The lowest BCUT2D eigenvalue weighted by molar-refractivity contribution is -0.160. The van der Waals surface area contributed by atoms with Gasteiger partial charge in [-0.15, -0.1) is 0 Å². The number of ether oxygens (including phenoxy) is 1. The average molecular weight is 326 g/mol. The third-order valence-corrected chi connectivity index (χ3v) is 2.54. The minimum Gasteiger partial charge on any atom is -0.440 e. The quantitative estimate of drug-likeness (QED) is 0.918. The van der Waals surface area contributed by atoms with Crippen LogP contribution in [-0.4, -0.2) is 18.9 Å². The summed E-state index contributed by atoms with van der Waals surface area (Å²) in [7, 11) is 0. The van der Waals surface area contributed by atoms with E-state index in [0.717, 1.165) is 10.0 Å². The monoisotopic (exact) mass is 325 g/mol. The molecule has 0 spiro atoms. The smallest absolute Gasteiger partial charge is 0.422 e. The normalized spacial score (nSPS) is 12.9. The molecule has 0 fully saturated rings.